The number of anilines is 6. The highest BCUT2D eigenvalue weighted by molar-refractivity contribution is 8.01. The molecule has 0 unspecified atom stereocenters. The van der Waals surface area contributed by atoms with Gasteiger partial charge in [-0.05, 0) is 242 Å². The maximum atomic E-state index is 12.7. The number of para-hydroxylation sites is 2. The summed E-state index contributed by atoms with van der Waals surface area (Å²) in [6, 6.07) is 52.4. The monoisotopic (exact) mass is 2020 g/mol. The van der Waals surface area contributed by atoms with Crippen LogP contribution in [0, 0.1) is 13.8 Å². The Morgan fingerprint density at radius 3 is 1.08 bits per heavy atom. The van der Waals surface area contributed by atoms with Crippen LogP contribution in [0.3, 0.4) is 0 Å². The lowest BCUT2D eigenvalue weighted by atomic mass is 10.2. The van der Waals surface area contributed by atoms with Crippen LogP contribution in [0.2, 0.25) is 0 Å². The number of thiazole rings is 1. The summed E-state index contributed by atoms with van der Waals surface area (Å²) >= 11 is 8.44. The van der Waals surface area contributed by atoms with Crippen LogP contribution in [-0.2, 0) is 46.3 Å². The predicted molar refractivity (Wildman–Crippen MR) is 560 cm³/mol. The molecule has 12 heterocycles. The number of nitrogens with zero attached hydrogens (tertiary/aromatic N) is 23. The fraction of sp³-hybridized carbons (Fsp3) is 0.242. The quantitative estimate of drug-likeness (QED) is 0.0103. The summed E-state index contributed by atoms with van der Waals surface area (Å²) in [5.41, 5.74) is 53.5. The third-order valence-corrected chi connectivity index (χ3v) is 26.6. The molecule has 6 amide bonds. The molecule has 0 fully saturated rings. The van der Waals surface area contributed by atoms with Crippen LogP contribution < -0.4 is 71.0 Å². The number of benzene rings is 8. The lowest BCUT2D eigenvalue weighted by Gasteiger charge is -2.05. The number of nitrogens with two attached hydrogens (primary N) is 6. The second-order valence-corrected chi connectivity index (χ2v) is 38.1. The molecular formula is C95H104N35O6S6+. The van der Waals surface area contributed by atoms with Gasteiger partial charge in [0.1, 0.15) is 10.5 Å². The van der Waals surface area contributed by atoms with E-state index in [1.165, 1.54) is 56.7 Å². The minimum absolute atomic E-state index is 0.183. The Balaban J connectivity index is 0.000000129. The standard InChI is InChI=1S/C21H22N6O.C18H17N5OS.C15H18N6OS2.2C14H16N6OS.C13H14N6OS/c1-15-12-20(25-27(15)17-6-3-2-4-7-17)24-21(28)16-8-9-19-18(13-16)23-14-26(19)11-5-10-22;19-8-3-9-23-11-20-14-10-12(6-7-15(14)23)17(24)22-18-21-13-4-1-2-5-16(13)25-18;1-2-23-15-20-19-14(24-15)18-13(22)10-4-5-12-11(8-10)17-9-21(12)7-3-6-16;1-19-9-22-14(18-19)17-13(21)10-3-4-12-11(7-10)16-8-20(12)6-2-5-15;1-9-18-19-14(22-9)17-13(21)10-3-4-12-11(7-10)16-8-20(12)6-2-5-15;14-4-1-5-19-7-15-10-6-9(2-3-11(10)19)12(20)17-13-18-16-8-21-13/h2-4,6-9,12-14H,5,10-11,22H2,1H3,(H,24,25,28);1-2,4-7,10-11H,3,8-9,19H2,(H,21,22,24);4-5,8-9H,2-3,6-7,16H2,1H3,(H,18,19,22);3-4,7-9H,2,5-6,15H2,1H3;3-4,7-8H,2,5-6,15H2,1H3,(H,17,19,21);2-3,6-8H,1,4-5,14H2,(H,17,18,20)/p+1. The number of aryl methyl sites for hydroxylation is 9. The molecule has 0 radical (unpaired) electrons. The maximum absolute atomic E-state index is 12.7. The van der Waals surface area contributed by atoms with Crippen molar-refractivity contribution < 1.29 is 33.4 Å². The average Bonchev–Trinajstić information content (AvgIpc) is 1.68. The van der Waals surface area contributed by atoms with E-state index in [1.54, 1.807) is 131 Å². The second kappa shape index (κ2) is 49.6. The van der Waals surface area contributed by atoms with Crippen LogP contribution in [0.4, 0.5) is 31.5 Å². The van der Waals surface area contributed by atoms with Crippen LogP contribution in [0.1, 0.15) is 118 Å². The summed E-state index contributed by atoms with van der Waals surface area (Å²) < 4.78 is 17.6. The van der Waals surface area contributed by atoms with Crippen molar-refractivity contribution in [2.45, 2.75) is 103 Å². The Bertz CT molecular complexity index is 7510. The van der Waals surface area contributed by atoms with E-state index in [0.29, 0.717) is 104 Å². The first-order chi connectivity index (χ1) is 69.2. The Morgan fingerprint density at radius 2 is 0.725 bits per heavy atom. The van der Waals surface area contributed by atoms with Gasteiger partial charge in [-0.3, -0.25) is 55.4 Å². The Hall–Kier alpha value is -15.2. The summed E-state index contributed by atoms with van der Waals surface area (Å²) in [6.45, 7) is 14.6. The number of hydrogen-bond acceptors (Lipinski definition) is 33. The molecule has 41 nitrogen and oxygen atoms in total. The van der Waals surface area contributed by atoms with Crippen molar-refractivity contribution in [3.8, 4) is 5.69 Å². The third kappa shape index (κ3) is 26.5. The van der Waals surface area contributed by atoms with E-state index in [4.69, 9.17) is 34.4 Å². The molecule has 0 spiro atoms. The molecule has 0 saturated carbocycles. The summed E-state index contributed by atoms with van der Waals surface area (Å²) in [6.07, 6.45) is 16.0. The van der Waals surface area contributed by atoms with Gasteiger partial charge in [0.25, 0.3) is 46.1 Å². The first-order valence-electron chi connectivity index (χ1n) is 45.3. The van der Waals surface area contributed by atoms with E-state index in [0.717, 1.165) is 181 Å². The molecule has 18 N–H and O–H groups in total. The van der Waals surface area contributed by atoms with E-state index in [9.17, 15) is 28.8 Å². The molecule has 0 aliphatic rings. The fourth-order valence-electron chi connectivity index (χ4n) is 14.6. The Morgan fingerprint density at radius 1 is 0.366 bits per heavy atom. The molecule has 0 saturated heterocycles. The van der Waals surface area contributed by atoms with Gasteiger partial charge in [0.15, 0.2) is 22.3 Å². The van der Waals surface area contributed by atoms with Crippen molar-refractivity contribution in [2.75, 3.05) is 76.9 Å². The SMILES string of the molecule is CCSc1nnc(NC(=O)c2ccc3c(c2)ncn3CCCN)s1.C[n+]1csc(NC(=O)c2ccc3c(c2)ncn3CCCN)n1.Cc1cc(NC(=O)c2ccc3c(c2)ncn3CCCN)nn1-c1ccccc1.Cc1nnc(NC(=O)c2ccc3c(c2)ncn3CCCN)s1.NCCCn1cnc2cc(C(=O)Nc3nc4ccccc4s3)ccc21.NCCCn1cnc2cc(C(=O)Nc3nncs3)ccc21. The van der Waals surface area contributed by atoms with E-state index >= 15 is 0 Å². The smallest absolute Gasteiger partial charge is 0.261 e. The number of carbonyl (C=O) groups excluding carboxylic acids is 6. The van der Waals surface area contributed by atoms with Crippen molar-refractivity contribution in [2.24, 2.45) is 41.4 Å². The van der Waals surface area contributed by atoms with E-state index < -0.39 is 0 Å². The maximum Gasteiger partial charge on any atom is 0.261 e. The number of amides is 6. The van der Waals surface area contributed by atoms with Gasteiger partial charge in [-0.15, -0.1) is 35.7 Å². The van der Waals surface area contributed by atoms with Crippen LogP contribution in [0.25, 0.3) is 82.1 Å². The summed E-state index contributed by atoms with van der Waals surface area (Å²) in [5, 5.41) is 52.1. The molecule has 142 heavy (non-hydrogen) atoms. The first-order valence-corrected chi connectivity index (χ1v) is 50.5. The molecule has 20 rings (SSSR count). The molecule has 0 atom stereocenters. The van der Waals surface area contributed by atoms with E-state index in [2.05, 4.69) is 117 Å². The number of carbonyl (C=O) groups is 6. The van der Waals surface area contributed by atoms with Gasteiger partial charge in [-0.2, -0.15) is 0 Å². The minimum Gasteiger partial charge on any atom is -0.331 e. The van der Waals surface area contributed by atoms with Crippen molar-refractivity contribution >= 4 is 212 Å². The van der Waals surface area contributed by atoms with E-state index in [1.807, 2.05) is 155 Å². The fourth-order valence-corrected chi connectivity index (χ4v) is 18.7. The van der Waals surface area contributed by atoms with Crippen molar-refractivity contribution in [1.82, 2.24) is 108 Å². The van der Waals surface area contributed by atoms with Gasteiger partial charge in [0.2, 0.25) is 15.4 Å². The number of aromatic nitrogens is 23. The predicted octanol–water partition coefficient (Wildman–Crippen LogP) is 13.2. The van der Waals surface area contributed by atoms with Gasteiger partial charge in [-0.1, -0.05) is 99.0 Å². The number of rotatable bonds is 33. The van der Waals surface area contributed by atoms with Crippen LogP contribution in [-0.4, -0.2) is 188 Å². The number of fused-ring (bicyclic) bond motifs is 7. The van der Waals surface area contributed by atoms with Crippen LogP contribution in [0.15, 0.2) is 223 Å². The largest absolute Gasteiger partial charge is 0.331 e. The number of hydrogen-bond donors (Lipinski definition) is 12. The van der Waals surface area contributed by atoms with Crippen molar-refractivity contribution in [3.05, 3.63) is 263 Å². The normalized spacial score (nSPS) is 11.1. The first kappa shape index (κ1) is 101. The molecule has 20 aromatic rings. The summed E-state index contributed by atoms with van der Waals surface area (Å²) in [5.74, 6) is 0.214. The zero-order chi connectivity index (χ0) is 99.4. The molecule has 47 heteroatoms. The molecule has 12 aromatic heterocycles. The number of imidazole rings is 6. The van der Waals surface area contributed by atoms with Gasteiger partial charge in [0.05, 0.1) is 120 Å². The lowest BCUT2D eigenvalue weighted by molar-refractivity contribution is -0.724. The summed E-state index contributed by atoms with van der Waals surface area (Å²) in [4.78, 5) is 105. The highest BCUT2D eigenvalue weighted by atomic mass is 32.2. The van der Waals surface area contributed by atoms with Crippen molar-refractivity contribution in [1.29, 1.82) is 0 Å². The Kier molecular flexibility index (Phi) is 35.4. The highest BCUT2D eigenvalue weighted by Gasteiger charge is 2.21. The van der Waals surface area contributed by atoms with E-state index in [-0.39, 0.29) is 35.4 Å². The molecule has 730 valence electrons. The molecule has 0 aliphatic heterocycles. The van der Waals surface area contributed by atoms with Gasteiger partial charge in [-0.25, -0.2) is 39.6 Å². The third-order valence-electron chi connectivity index (χ3n) is 21.6. The molecule has 8 aromatic carbocycles. The topological polar surface area (TPSA) is 562 Å². The van der Waals surface area contributed by atoms with Crippen molar-refractivity contribution in [3.63, 3.8) is 0 Å². The number of thioether (sulfide) groups is 1. The molecule has 0 aliphatic carbocycles. The van der Waals surface area contributed by atoms with Crippen LogP contribution >= 0.6 is 68.4 Å². The minimum atomic E-state index is -0.217. The molecule has 0 bridgehead atoms. The molecular weight excluding hydrogens is 1920 g/mol. The second-order valence-electron chi connectivity index (χ2n) is 31.7. The lowest BCUT2D eigenvalue weighted by Crippen LogP contribution is -2.28. The van der Waals surface area contributed by atoms with Gasteiger partial charge >= 0.3 is 0 Å². The van der Waals surface area contributed by atoms with Crippen LogP contribution in [0.5, 0.6) is 0 Å². The van der Waals surface area contributed by atoms with Gasteiger partial charge < -0.3 is 67.1 Å². The Labute approximate surface area is 837 Å². The zero-order valence-corrected chi connectivity index (χ0v) is 82.8. The zero-order valence-electron chi connectivity index (χ0n) is 77.9. The average molecular weight is 2020 g/mol. The number of nitrogens with one attached hydrogen (secondary N) is 6. The van der Waals surface area contributed by atoms with Gasteiger partial charge in [0, 0.05) is 89.5 Å². The highest BCUT2D eigenvalue weighted by Crippen LogP contribution is 2.31. The summed E-state index contributed by atoms with van der Waals surface area (Å²) in [7, 11) is 1.81.